The molecule has 1 heterocycles. The van der Waals surface area contributed by atoms with Gasteiger partial charge in [0.05, 0.1) is 12.3 Å². The molecule has 17 heavy (non-hydrogen) atoms. The van der Waals surface area contributed by atoms with Crippen LogP contribution in [0.25, 0.3) is 0 Å². The van der Waals surface area contributed by atoms with Gasteiger partial charge in [0.1, 0.15) is 0 Å². The molecule has 0 bridgehead atoms. The van der Waals surface area contributed by atoms with Crippen molar-refractivity contribution >= 4 is 0 Å². The summed E-state index contributed by atoms with van der Waals surface area (Å²) in [5.41, 5.74) is 2.16. The molecule has 0 aliphatic carbocycles. The maximum absolute atomic E-state index is 10.0. The minimum Gasteiger partial charge on any atom is -0.388 e. The summed E-state index contributed by atoms with van der Waals surface area (Å²) in [6.07, 6.45) is 5.12. The third-order valence-electron chi connectivity index (χ3n) is 2.90. The third kappa shape index (κ3) is 3.17. The molecular formula is C14H18N2O. The van der Waals surface area contributed by atoms with Gasteiger partial charge >= 0.3 is 0 Å². The first kappa shape index (κ1) is 11.9. The molecule has 1 N–H and O–H groups in total. The van der Waals surface area contributed by atoms with E-state index in [0.717, 1.165) is 24.9 Å². The highest BCUT2D eigenvalue weighted by molar-refractivity contribution is 5.17. The van der Waals surface area contributed by atoms with E-state index in [4.69, 9.17) is 0 Å². The lowest BCUT2D eigenvalue weighted by atomic mass is 10.0. The second-order valence-electron chi connectivity index (χ2n) is 4.17. The Morgan fingerprint density at radius 3 is 2.71 bits per heavy atom. The predicted molar refractivity (Wildman–Crippen MR) is 67.6 cm³/mol. The van der Waals surface area contributed by atoms with Crippen molar-refractivity contribution in [1.82, 2.24) is 9.78 Å². The normalized spacial score (nSPS) is 12.6. The van der Waals surface area contributed by atoms with Crippen LogP contribution in [-0.2, 0) is 13.0 Å². The molecule has 90 valence electrons. The van der Waals surface area contributed by atoms with Crippen molar-refractivity contribution in [2.75, 3.05) is 0 Å². The number of hydrogen-bond donors (Lipinski definition) is 1. The van der Waals surface area contributed by atoms with Gasteiger partial charge in [-0.05, 0) is 30.9 Å². The average molecular weight is 230 g/mol. The molecule has 0 spiro atoms. The fourth-order valence-electron chi connectivity index (χ4n) is 1.85. The summed E-state index contributed by atoms with van der Waals surface area (Å²) < 4.78 is 1.91. The van der Waals surface area contributed by atoms with Crippen LogP contribution in [0.5, 0.6) is 0 Å². The van der Waals surface area contributed by atoms with E-state index in [9.17, 15) is 5.11 Å². The first-order chi connectivity index (χ1) is 8.29. The van der Waals surface area contributed by atoms with Crippen molar-refractivity contribution in [3.63, 3.8) is 0 Å². The summed E-state index contributed by atoms with van der Waals surface area (Å²) in [6.45, 7) is 2.96. The van der Waals surface area contributed by atoms with Gasteiger partial charge in [0, 0.05) is 12.7 Å². The Balaban J connectivity index is 1.90. The van der Waals surface area contributed by atoms with Gasteiger partial charge in [-0.15, -0.1) is 0 Å². The molecule has 3 nitrogen and oxygen atoms in total. The van der Waals surface area contributed by atoms with Gasteiger partial charge in [-0.25, -0.2) is 0 Å². The van der Waals surface area contributed by atoms with E-state index in [2.05, 4.69) is 12.0 Å². The Hall–Kier alpha value is -1.61. The quantitative estimate of drug-likeness (QED) is 0.857. The summed E-state index contributed by atoms with van der Waals surface area (Å²) >= 11 is 0. The van der Waals surface area contributed by atoms with Gasteiger partial charge in [0.15, 0.2) is 0 Å². The van der Waals surface area contributed by atoms with E-state index < -0.39 is 0 Å². The zero-order chi connectivity index (χ0) is 12.1. The van der Waals surface area contributed by atoms with Crippen LogP contribution in [0, 0.1) is 0 Å². The molecule has 0 radical (unpaired) electrons. The predicted octanol–water partition coefficient (Wildman–Crippen LogP) is 2.57. The molecule has 0 saturated carbocycles. The van der Waals surface area contributed by atoms with Crippen molar-refractivity contribution in [2.45, 2.75) is 32.4 Å². The fourth-order valence-corrected chi connectivity index (χ4v) is 1.85. The van der Waals surface area contributed by atoms with E-state index in [1.807, 2.05) is 47.4 Å². The molecule has 1 unspecified atom stereocenters. The number of aliphatic hydroxyl groups excluding tert-OH is 1. The number of aliphatic hydroxyl groups is 1. The summed E-state index contributed by atoms with van der Waals surface area (Å²) in [5.74, 6) is 0. The Kier molecular flexibility index (Phi) is 3.94. The number of hydrogen-bond acceptors (Lipinski definition) is 2. The third-order valence-corrected chi connectivity index (χ3v) is 2.90. The van der Waals surface area contributed by atoms with Crippen LogP contribution in [0.1, 0.15) is 30.6 Å². The smallest absolute Gasteiger partial charge is 0.0793 e. The van der Waals surface area contributed by atoms with Gasteiger partial charge < -0.3 is 5.11 Å². The Morgan fingerprint density at radius 2 is 2.06 bits per heavy atom. The molecule has 0 fully saturated rings. The minimum atomic E-state index is -0.388. The molecular weight excluding hydrogens is 212 g/mol. The van der Waals surface area contributed by atoms with E-state index in [1.165, 1.54) is 5.56 Å². The summed E-state index contributed by atoms with van der Waals surface area (Å²) in [7, 11) is 0. The van der Waals surface area contributed by atoms with E-state index in [1.54, 1.807) is 0 Å². The minimum absolute atomic E-state index is 0.388. The largest absolute Gasteiger partial charge is 0.388 e. The van der Waals surface area contributed by atoms with Gasteiger partial charge in [-0.3, -0.25) is 4.68 Å². The standard InChI is InChI=1S/C14H18N2O/c1-2-16-11-12(10-15-16)8-9-14(17)13-6-4-3-5-7-13/h3-7,10-11,14,17H,2,8-9H2,1H3. The van der Waals surface area contributed by atoms with Gasteiger partial charge in [-0.1, -0.05) is 30.3 Å². The maximum atomic E-state index is 10.0. The molecule has 2 aromatic rings. The first-order valence-corrected chi connectivity index (χ1v) is 6.04. The lowest BCUT2D eigenvalue weighted by Crippen LogP contribution is -1.99. The zero-order valence-electron chi connectivity index (χ0n) is 10.1. The molecule has 0 saturated heterocycles. The Morgan fingerprint density at radius 1 is 1.29 bits per heavy atom. The summed E-state index contributed by atoms with van der Waals surface area (Å²) in [5, 5.41) is 14.2. The van der Waals surface area contributed by atoms with E-state index >= 15 is 0 Å². The Bertz CT molecular complexity index is 450. The van der Waals surface area contributed by atoms with E-state index in [-0.39, 0.29) is 6.10 Å². The summed E-state index contributed by atoms with van der Waals surface area (Å²) in [4.78, 5) is 0. The van der Waals surface area contributed by atoms with Crippen molar-refractivity contribution < 1.29 is 5.11 Å². The highest BCUT2D eigenvalue weighted by atomic mass is 16.3. The van der Waals surface area contributed by atoms with Gasteiger partial charge in [0.25, 0.3) is 0 Å². The lowest BCUT2D eigenvalue weighted by Gasteiger charge is -2.09. The van der Waals surface area contributed by atoms with Crippen molar-refractivity contribution in [3.8, 4) is 0 Å². The lowest BCUT2D eigenvalue weighted by molar-refractivity contribution is 0.168. The molecule has 0 aliphatic rings. The van der Waals surface area contributed by atoms with Crippen molar-refractivity contribution in [2.24, 2.45) is 0 Å². The molecule has 0 amide bonds. The van der Waals surface area contributed by atoms with Crippen LogP contribution in [0.4, 0.5) is 0 Å². The number of nitrogens with zero attached hydrogens (tertiary/aromatic N) is 2. The number of rotatable bonds is 5. The number of aryl methyl sites for hydroxylation is 2. The van der Waals surface area contributed by atoms with E-state index in [0.29, 0.717) is 0 Å². The molecule has 0 aliphatic heterocycles. The highest BCUT2D eigenvalue weighted by Gasteiger charge is 2.07. The molecule has 1 atom stereocenters. The fraction of sp³-hybridized carbons (Fsp3) is 0.357. The van der Waals surface area contributed by atoms with Gasteiger partial charge in [0.2, 0.25) is 0 Å². The number of benzene rings is 1. The average Bonchev–Trinajstić information content (AvgIpc) is 2.85. The van der Waals surface area contributed by atoms with Crippen LogP contribution in [-0.4, -0.2) is 14.9 Å². The van der Waals surface area contributed by atoms with Crippen LogP contribution in [0.3, 0.4) is 0 Å². The van der Waals surface area contributed by atoms with Crippen LogP contribution >= 0.6 is 0 Å². The Labute approximate surface area is 102 Å². The SMILES string of the molecule is CCn1cc(CCC(O)c2ccccc2)cn1. The van der Waals surface area contributed by atoms with Crippen molar-refractivity contribution in [1.29, 1.82) is 0 Å². The monoisotopic (exact) mass is 230 g/mol. The van der Waals surface area contributed by atoms with Crippen LogP contribution < -0.4 is 0 Å². The first-order valence-electron chi connectivity index (χ1n) is 6.04. The second kappa shape index (κ2) is 5.64. The molecule has 1 aromatic carbocycles. The maximum Gasteiger partial charge on any atom is 0.0793 e. The topological polar surface area (TPSA) is 38.0 Å². The summed E-state index contributed by atoms with van der Waals surface area (Å²) in [6, 6.07) is 9.78. The molecule has 2 rings (SSSR count). The van der Waals surface area contributed by atoms with Gasteiger partial charge in [-0.2, -0.15) is 5.10 Å². The van der Waals surface area contributed by atoms with Crippen LogP contribution in [0.2, 0.25) is 0 Å². The van der Waals surface area contributed by atoms with Crippen molar-refractivity contribution in [3.05, 3.63) is 53.9 Å². The zero-order valence-corrected chi connectivity index (χ0v) is 10.1. The number of aromatic nitrogens is 2. The second-order valence-corrected chi connectivity index (χ2v) is 4.17. The molecule has 1 aromatic heterocycles. The molecule has 3 heteroatoms. The highest BCUT2D eigenvalue weighted by Crippen LogP contribution is 2.18. The van der Waals surface area contributed by atoms with Crippen LogP contribution in [0.15, 0.2) is 42.7 Å².